The van der Waals surface area contributed by atoms with Crippen LogP contribution in [0.25, 0.3) is 0 Å². The smallest absolute Gasteiger partial charge is 0.189 e. The third-order valence-corrected chi connectivity index (χ3v) is 3.36. The number of nitrogens with zero attached hydrogens (tertiary/aromatic N) is 3. The van der Waals surface area contributed by atoms with Gasteiger partial charge in [-0.2, -0.15) is 0 Å². The Morgan fingerprint density at radius 3 is 2.67 bits per heavy atom. The minimum Gasteiger partial charge on any atom is -0.370 e. The van der Waals surface area contributed by atoms with Crippen molar-refractivity contribution >= 4 is 35.8 Å². The summed E-state index contributed by atoms with van der Waals surface area (Å²) in [5, 5.41) is 3.11. The fraction of sp³-hybridized carbons (Fsp3) is 0.600. The average molecular weight is 403 g/mol. The average Bonchev–Trinajstić information content (AvgIpc) is 2.90. The van der Waals surface area contributed by atoms with Gasteiger partial charge in [-0.1, -0.05) is 6.07 Å². The maximum atomic E-state index is 5.86. The Labute approximate surface area is 144 Å². The van der Waals surface area contributed by atoms with Crippen LogP contribution in [0.2, 0.25) is 0 Å². The highest BCUT2D eigenvalue weighted by Crippen LogP contribution is 2.23. The van der Waals surface area contributed by atoms with E-state index in [2.05, 4.69) is 26.3 Å². The number of nitrogens with one attached hydrogen (secondary N) is 1. The van der Waals surface area contributed by atoms with E-state index in [9.17, 15) is 0 Å². The number of aryl methyl sites for hydroxylation is 1. The van der Waals surface area contributed by atoms with Crippen LogP contribution in [0.3, 0.4) is 0 Å². The van der Waals surface area contributed by atoms with Gasteiger partial charge in [-0.15, -0.1) is 24.0 Å². The molecule has 1 fully saturated rings. The Balaban J connectivity index is 0.00000220. The molecule has 5 nitrogen and oxygen atoms in total. The zero-order chi connectivity index (χ0) is 14.5. The van der Waals surface area contributed by atoms with Crippen molar-refractivity contribution in [2.45, 2.75) is 46.2 Å². The van der Waals surface area contributed by atoms with Gasteiger partial charge >= 0.3 is 0 Å². The quantitative estimate of drug-likeness (QED) is 0.461. The first-order chi connectivity index (χ1) is 9.56. The maximum Gasteiger partial charge on any atom is 0.189 e. The summed E-state index contributed by atoms with van der Waals surface area (Å²) in [6, 6.07) is 4.45. The number of aromatic nitrogens is 1. The molecule has 0 spiro atoms. The molecule has 1 aromatic rings. The molecule has 21 heavy (non-hydrogen) atoms. The van der Waals surface area contributed by atoms with E-state index in [1.54, 1.807) is 0 Å². The van der Waals surface area contributed by atoms with Gasteiger partial charge in [0.2, 0.25) is 0 Å². The van der Waals surface area contributed by atoms with E-state index in [0.717, 1.165) is 30.2 Å². The first-order valence-electron chi connectivity index (χ1n) is 7.34. The number of pyridine rings is 1. The molecule has 2 rings (SSSR count). The molecular formula is C15H26IN5. The van der Waals surface area contributed by atoms with Gasteiger partial charge in [0.1, 0.15) is 5.82 Å². The Kier molecular flexibility index (Phi) is 7.21. The van der Waals surface area contributed by atoms with Crippen LogP contribution in [0.15, 0.2) is 17.1 Å². The van der Waals surface area contributed by atoms with E-state index in [1.165, 1.54) is 12.8 Å². The third kappa shape index (κ3) is 5.33. The van der Waals surface area contributed by atoms with Gasteiger partial charge in [0.05, 0.1) is 6.54 Å². The van der Waals surface area contributed by atoms with E-state index in [4.69, 9.17) is 5.73 Å². The van der Waals surface area contributed by atoms with Crippen LogP contribution >= 0.6 is 24.0 Å². The van der Waals surface area contributed by atoms with Crippen molar-refractivity contribution in [3.8, 4) is 0 Å². The van der Waals surface area contributed by atoms with E-state index >= 15 is 0 Å². The summed E-state index contributed by atoms with van der Waals surface area (Å²) in [6.07, 6.45) is 2.49. The van der Waals surface area contributed by atoms with Crippen LogP contribution in [0.1, 0.15) is 37.9 Å². The predicted molar refractivity (Wildman–Crippen MR) is 99.4 cm³/mol. The largest absolute Gasteiger partial charge is 0.370 e. The molecule has 3 N–H and O–H groups in total. The summed E-state index contributed by atoms with van der Waals surface area (Å²) in [4.78, 5) is 11.5. The highest BCUT2D eigenvalue weighted by molar-refractivity contribution is 14.0. The predicted octanol–water partition coefficient (Wildman–Crippen LogP) is 2.42. The molecule has 0 amide bonds. The normalized spacial score (nSPS) is 15.2. The van der Waals surface area contributed by atoms with Crippen molar-refractivity contribution in [1.82, 2.24) is 10.3 Å². The highest BCUT2D eigenvalue weighted by Gasteiger charge is 2.17. The van der Waals surface area contributed by atoms with Gasteiger partial charge in [-0.3, -0.25) is 0 Å². The molecule has 118 valence electrons. The molecular weight excluding hydrogens is 377 g/mol. The number of nitrogens with two attached hydrogens (primary N) is 1. The second-order valence-corrected chi connectivity index (χ2v) is 5.63. The van der Waals surface area contributed by atoms with Gasteiger partial charge < -0.3 is 16.0 Å². The molecule has 1 aromatic heterocycles. The maximum absolute atomic E-state index is 5.86. The summed E-state index contributed by atoms with van der Waals surface area (Å²) >= 11 is 0. The monoisotopic (exact) mass is 403 g/mol. The Hall–Kier alpha value is -1.05. The van der Waals surface area contributed by atoms with Crippen LogP contribution in [0.4, 0.5) is 5.82 Å². The van der Waals surface area contributed by atoms with Crippen molar-refractivity contribution < 1.29 is 0 Å². The Morgan fingerprint density at radius 1 is 1.38 bits per heavy atom. The van der Waals surface area contributed by atoms with E-state index in [-0.39, 0.29) is 24.0 Å². The molecule has 0 unspecified atom stereocenters. The zero-order valence-corrected chi connectivity index (χ0v) is 15.4. The fourth-order valence-corrected chi connectivity index (χ4v) is 2.41. The van der Waals surface area contributed by atoms with Gasteiger partial charge in [0.25, 0.3) is 0 Å². The van der Waals surface area contributed by atoms with Crippen molar-refractivity contribution in [2.24, 2.45) is 10.7 Å². The molecule has 0 bridgehead atoms. The number of hydrogen-bond acceptors (Lipinski definition) is 3. The lowest BCUT2D eigenvalue weighted by atomic mass is 10.2. The van der Waals surface area contributed by atoms with E-state index in [1.807, 2.05) is 26.8 Å². The SMILES string of the molecule is Cc1ccc(CN=C(N)NC(C)C)c(N2CCCC2)n1.I. The second kappa shape index (κ2) is 8.41. The van der Waals surface area contributed by atoms with Gasteiger partial charge in [-0.05, 0) is 39.7 Å². The lowest BCUT2D eigenvalue weighted by Gasteiger charge is -2.20. The van der Waals surface area contributed by atoms with E-state index in [0.29, 0.717) is 18.5 Å². The van der Waals surface area contributed by atoms with Gasteiger partial charge in [0.15, 0.2) is 5.96 Å². The standard InChI is InChI=1S/C15H25N5.HI/c1-11(2)18-15(16)17-10-13-7-6-12(3)19-14(13)20-8-4-5-9-20;/h6-7,11H,4-5,8-10H2,1-3H3,(H3,16,17,18);1H. The Bertz CT molecular complexity index is 481. The van der Waals surface area contributed by atoms with Gasteiger partial charge in [-0.25, -0.2) is 9.98 Å². The first kappa shape index (κ1) is 18.0. The summed E-state index contributed by atoms with van der Waals surface area (Å²) in [5.41, 5.74) is 8.05. The number of aliphatic imine (C=N–C) groups is 1. The van der Waals surface area contributed by atoms with Crippen LogP contribution in [-0.2, 0) is 6.54 Å². The van der Waals surface area contributed by atoms with Crippen molar-refractivity contribution in [3.63, 3.8) is 0 Å². The fourth-order valence-electron chi connectivity index (χ4n) is 2.41. The molecule has 1 aliphatic heterocycles. The molecule has 2 heterocycles. The minimum absolute atomic E-state index is 0. The molecule has 0 aromatic carbocycles. The summed E-state index contributed by atoms with van der Waals surface area (Å²) in [6.45, 7) is 8.88. The van der Waals surface area contributed by atoms with Crippen LogP contribution < -0.4 is 16.0 Å². The molecule has 0 atom stereocenters. The number of anilines is 1. The number of hydrogen-bond donors (Lipinski definition) is 2. The number of rotatable bonds is 4. The third-order valence-electron chi connectivity index (χ3n) is 3.36. The van der Waals surface area contributed by atoms with E-state index < -0.39 is 0 Å². The number of guanidine groups is 1. The topological polar surface area (TPSA) is 66.5 Å². The zero-order valence-electron chi connectivity index (χ0n) is 13.1. The molecule has 6 heteroatoms. The first-order valence-corrected chi connectivity index (χ1v) is 7.34. The van der Waals surface area contributed by atoms with Crippen LogP contribution in [0.5, 0.6) is 0 Å². The second-order valence-electron chi connectivity index (χ2n) is 5.63. The van der Waals surface area contributed by atoms with Crippen LogP contribution in [0, 0.1) is 6.92 Å². The Morgan fingerprint density at radius 2 is 2.05 bits per heavy atom. The molecule has 1 saturated heterocycles. The summed E-state index contributed by atoms with van der Waals surface area (Å²) < 4.78 is 0. The molecule has 0 aliphatic carbocycles. The van der Waals surface area contributed by atoms with Crippen molar-refractivity contribution in [1.29, 1.82) is 0 Å². The summed E-state index contributed by atoms with van der Waals surface area (Å²) in [7, 11) is 0. The molecule has 1 aliphatic rings. The van der Waals surface area contributed by atoms with Gasteiger partial charge in [0, 0.05) is 30.4 Å². The van der Waals surface area contributed by atoms with Crippen molar-refractivity contribution in [3.05, 3.63) is 23.4 Å². The minimum atomic E-state index is 0. The van der Waals surface area contributed by atoms with Crippen LogP contribution in [-0.4, -0.2) is 30.1 Å². The molecule has 0 saturated carbocycles. The number of halogens is 1. The summed E-state index contributed by atoms with van der Waals surface area (Å²) in [5.74, 6) is 1.57. The lowest BCUT2D eigenvalue weighted by Crippen LogP contribution is -2.36. The van der Waals surface area contributed by atoms with Crippen molar-refractivity contribution in [2.75, 3.05) is 18.0 Å². The highest BCUT2D eigenvalue weighted by atomic mass is 127. The molecule has 0 radical (unpaired) electrons. The lowest BCUT2D eigenvalue weighted by molar-refractivity contribution is 0.723.